The normalized spacial score (nSPS) is 15.8. The molecule has 2 heterocycles. The van der Waals surface area contributed by atoms with Crippen LogP contribution in [0.1, 0.15) is 30.5 Å². The number of hydrogen-bond acceptors (Lipinski definition) is 2. The first-order valence-electron chi connectivity index (χ1n) is 7.97. The molecule has 126 valence electrons. The van der Waals surface area contributed by atoms with Crippen molar-refractivity contribution in [2.75, 3.05) is 0 Å². The van der Waals surface area contributed by atoms with Gasteiger partial charge in [0.1, 0.15) is 17.2 Å². The van der Waals surface area contributed by atoms with E-state index in [1.54, 1.807) is 18.3 Å². The summed E-state index contributed by atoms with van der Waals surface area (Å²) < 4.78 is 28.4. The second-order valence-corrected chi connectivity index (χ2v) is 7.67. The summed E-state index contributed by atoms with van der Waals surface area (Å²) in [6.07, 6.45) is 2.27. The molecule has 0 aliphatic carbocycles. The maximum atomic E-state index is 14.0. The number of para-hydroxylation sites is 1. The molecule has 0 saturated heterocycles. The summed E-state index contributed by atoms with van der Waals surface area (Å²) >= 11 is 3.37. The average molecular weight is 401 g/mol. The van der Waals surface area contributed by atoms with E-state index in [2.05, 4.69) is 20.9 Å². The van der Waals surface area contributed by atoms with Crippen LogP contribution in [0.15, 0.2) is 52.1 Å². The van der Waals surface area contributed by atoms with Gasteiger partial charge in [0.15, 0.2) is 0 Å². The lowest BCUT2D eigenvalue weighted by atomic mass is 9.85. The predicted molar refractivity (Wildman–Crippen MR) is 99.2 cm³/mol. The van der Waals surface area contributed by atoms with Crippen LogP contribution in [0, 0.1) is 11.6 Å². The van der Waals surface area contributed by atoms with Gasteiger partial charge in [-0.1, -0.05) is 12.1 Å². The van der Waals surface area contributed by atoms with E-state index in [0.717, 1.165) is 22.4 Å². The quantitative estimate of drug-likeness (QED) is 0.533. The second-order valence-electron chi connectivity index (χ2n) is 6.87. The highest BCUT2D eigenvalue weighted by Gasteiger charge is 2.30. The number of pyridine rings is 1. The molecule has 0 amide bonds. The Hall–Kier alpha value is -2.14. The monoisotopic (exact) mass is 400 g/mol. The molecule has 1 aliphatic heterocycles. The molecule has 0 bridgehead atoms. The maximum absolute atomic E-state index is 14.0. The Morgan fingerprint density at radius 2 is 1.88 bits per heavy atom. The Morgan fingerprint density at radius 1 is 1.08 bits per heavy atom. The van der Waals surface area contributed by atoms with Crippen LogP contribution in [-0.4, -0.2) is 16.2 Å². The Bertz CT molecular complexity index is 1040. The van der Waals surface area contributed by atoms with Gasteiger partial charge in [-0.2, -0.15) is 0 Å². The number of halogens is 3. The predicted octanol–water partition coefficient (Wildman–Crippen LogP) is 5.45. The largest absolute Gasteiger partial charge is 0.278 e. The molecular weight excluding hydrogens is 386 g/mol. The SMILES string of the molecule is CC1(C)Cc2c(ccc(F)c2Br)C(c2cnc3c(F)cccc3c2)=N1. The lowest BCUT2D eigenvalue weighted by Crippen LogP contribution is -2.30. The Kier molecular flexibility index (Phi) is 3.72. The van der Waals surface area contributed by atoms with Gasteiger partial charge in [0.05, 0.1) is 15.7 Å². The van der Waals surface area contributed by atoms with Crippen LogP contribution in [0.3, 0.4) is 0 Å². The standard InChI is InChI=1S/C20H15BrF2N2/c1-20(2)9-14-13(6-7-15(22)17(14)21)18(25-20)12-8-11-4-3-5-16(23)19(11)24-10-12/h3-8,10H,9H2,1-2H3. The van der Waals surface area contributed by atoms with Gasteiger partial charge in [-0.25, -0.2) is 8.78 Å². The second kappa shape index (κ2) is 5.70. The fraction of sp³-hybridized carbons (Fsp3) is 0.200. The van der Waals surface area contributed by atoms with Gasteiger partial charge in [-0.05, 0) is 66.0 Å². The molecule has 0 unspecified atom stereocenters. The van der Waals surface area contributed by atoms with Gasteiger partial charge in [0.25, 0.3) is 0 Å². The minimum absolute atomic E-state index is 0.283. The van der Waals surface area contributed by atoms with E-state index in [0.29, 0.717) is 21.8 Å². The first-order valence-corrected chi connectivity index (χ1v) is 8.77. The van der Waals surface area contributed by atoms with Crippen LogP contribution >= 0.6 is 15.9 Å². The summed E-state index contributed by atoms with van der Waals surface area (Å²) in [4.78, 5) is 9.14. The summed E-state index contributed by atoms with van der Waals surface area (Å²) in [5.41, 5.74) is 3.30. The molecule has 0 saturated carbocycles. The van der Waals surface area contributed by atoms with Crippen LogP contribution in [0.5, 0.6) is 0 Å². The molecule has 0 radical (unpaired) electrons. The van der Waals surface area contributed by atoms with Gasteiger partial charge < -0.3 is 0 Å². The van der Waals surface area contributed by atoms with Gasteiger partial charge in [0.2, 0.25) is 0 Å². The molecule has 3 aromatic rings. The van der Waals surface area contributed by atoms with Gasteiger partial charge >= 0.3 is 0 Å². The van der Waals surface area contributed by atoms with Crippen molar-refractivity contribution < 1.29 is 8.78 Å². The third kappa shape index (κ3) is 2.76. The minimum atomic E-state index is -0.366. The smallest absolute Gasteiger partial charge is 0.149 e. The van der Waals surface area contributed by atoms with E-state index in [1.807, 2.05) is 26.0 Å². The van der Waals surface area contributed by atoms with Crippen molar-refractivity contribution in [2.45, 2.75) is 25.8 Å². The number of nitrogens with zero attached hydrogens (tertiary/aromatic N) is 2. The Balaban J connectivity index is 1.96. The summed E-state index contributed by atoms with van der Waals surface area (Å²) in [6, 6.07) is 9.95. The van der Waals surface area contributed by atoms with Crippen molar-refractivity contribution in [1.82, 2.24) is 4.98 Å². The summed E-state index contributed by atoms with van der Waals surface area (Å²) in [5.74, 6) is -0.630. The fourth-order valence-corrected chi connectivity index (χ4v) is 3.78. The number of aromatic nitrogens is 1. The third-order valence-corrected chi connectivity index (χ3v) is 5.27. The number of aliphatic imine (C=N–C) groups is 1. The molecule has 4 rings (SSSR count). The molecule has 2 aromatic carbocycles. The van der Waals surface area contributed by atoms with Gasteiger partial charge in [-0.15, -0.1) is 0 Å². The zero-order valence-corrected chi connectivity index (χ0v) is 15.4. The van der Waals surface area contributed by atoms with Gasteiger partial charge in [0, 0.05) is 22.7 Å². The molecule has 1 aliphatic rings. The number of hydrogen-bond donors (Lipinski definition) is 0. The highest BCUT2D eigenvalue weighted by molar-refractivity contribution is 9.10. The zero-order valence-electron chi connectivity index (χ0n) is 13.8. The summed E-state index contributed by atoms with van der Waals surface area (Å²) in [6.45, 7) is 4.03. The fourth-order valence-electron chi connectivity index (χ4n) is 3.30. The lowest BCUT2D eigenvalue weighted by molar-refractivity contribution is 0.508. The lowest BCUT2D eigenvalue weighted by Gasteiger charge is -2.30. The van der Waals surface area contributed by atoms with E-state index < -0.39 is 0 Å². The summed E-state index contributed by atoms with van der Waals surface area (Å²) in [5, 5.41) is 0.714. The van der Waals surface area contributed by atoms with Crippen molar-refractivity contribution in [2.24, 2.45) is 4.99 Å². The van der Waals surface area contributed by atoms with E-state index in [1.165, 1.54) is 12.1 Å². The molecular formula is C20H15BrF2N2. The highest BCUT2D eigenvalue weighted by atomic mass is 79.9. The van der Waals surface area contributed by atoms with E-state index in [4.69, 9.17) is 4.99 Å². The summed E-state index contributed by atoms with van der Waals surface area (Å²) in [7, 11) is 0. The topological polar surface area (TPSA) is 25.2 Å². The van der Waals surface area contributed by atoms with Gasteiger partial charge in [-0.3, -0.25) is 9.98 Å². The van der Waals surface area contributed by atoms with E-state index >= 15 is 0 Å². The molecule has 2 nitrogen and oxygen atoms in total. The third-order valence-electron chi connectivity index (χ3n) is 4.41. The highest BCUT2D eigenvalue weighted by Crippen LogP contribution is 2.35. The maximum Gasteiger partial charge on any atom is 0.149 e. The molecule has 0 spiro atoms. The minimum Gasteiger partial charge on any atom is -0.278 e. The van der Waals surface area contributed by atoms with Crippen molar-refractivity contribution >= 4 is 32.5 Å². The van der Waals surface area contributed by atoms with Crippen LogP contribution in [0.25, 0.3) is 10.9 Å². The van der Waals surface area contributed by atoms with Crippen molar-refractivity contribution in [3.63, 3.8) is 0 Å². The van der Waals surface area contributed by atoms with Crippen LogP contribution in [0.2, 0.25) is 0 Å². The Morgan fingerprint density at radius 3 is 2.68 bits per heavy atom. The van der Waals surface area contributed by atoms with Crippen LogP contribution in [0.4, 0.5) is 8.78 Å². The zero-order chi connectivity index (χ0) is 17.8. The van der Waals surface area contributed by atoms with Crippen molar-refractivity contribution in [1.29, 1.82) is 0 Å². The van der Waals surface area contributed by atoms with E-state index in [9.17, 15) is 8.78 Å². The molecule has 0 fully saturated rings. The number of fused-ring (bicyclic) bond motifs is 2. The molecule has 1 aromatic heterocycles. The number of benzene rings is 2. The van der Waals surface area contributed by atoms with Crippen LogP contribution in [-0.2, 0) is 6.42 Å². The molecule has 25 heavy (non-hydrogen) atoms. The van der Waals surface area contributed by atoms with Crippen molar-refractivity contribution in [3.8, 4) is 0 Å². The number of rotatable bonds is 1. The molecule has 0 N–H and O–H groups in total. The average Bonchev–Trinajstić information content (AvgIpc) is 2.57. The Labute approximate surface area is 152 Å². The van der Waals surface area contributed by atoms with Crippen LogP contribution < -0.4 is 0 Å². The first-order chi connectivity index (χ1) is 11.9. The first kappa shape index (κ1) is 16.3. The molecule has 5 heteroatoms. The van der Waals surface area contributed by atoms with Crippen molar-refractivity contribution in [3.05, 3.63) is 75.4 Å². The molecule has 0 atom stereocenters. The van der Waals surface area contributed by atoms with E-state index in [-0.39, 0.29) is 17.2 Å².